The fraction of sp³-hybridized carbons (Fsp3) is 0.269. The SMILES string of the molecule is Cc1cccc(N2C(=O)C(C)(c3ccc(C4(C)CC4)cc3)c3cc(Cl)ccc32)c1. The van der Waals surface area contributed by atoms with E-state index in [-0.39, 0.29) is 5.91 Å². The average Bonchev–Trinajstić information content (AvgIpc) is 3.42. The maximum Gasteiger partial charge on any atom is 0.246 e. The van der Waals surface area contributed by atoms with Gasteiger partial charge in [0, 0.05) is 10.7 Å². The molecule has 1 atom stereocenters. The fourth-order valence-electron chi connectivity index (χ4n) is 4.54. The molecule has 1 aliphatic carbocycles. The highest BCUT2D eigenvalue weighted by Crippen LogP contribution is 2.51. The van der Waals surface area contributed by atoms with Gasteiger partial charge in [-0.2, -0.15) is 0 Å². The summed E-state index contributed by atoms with van der Waals surface area (Å²) < 4.78 is 0. The number of benzene rings is 3. The number of halogens is 1. The molecule has 0 bridgehead atoms. The molecule has 0 saturated heterocycles. The Labute approximate surface area is 177 Å². The van der Waals surface area contributed by atoms with Gasteiger partial charge in [-0.25, -0.2) is 0 Å². The summed E-state index contributed by atoms with van der Waals surface area (Å²) in [7, 11) is 0. The molecule has 146 valence electrons. The number of carbonyl (C=O) groups is 1. The van der Waals surface area contributed by atoms with Crippen LogP contribution in [0.3, 0.4) is 0 Å². The second kappa shape index (κ2) is 6.21. The molecule has 2 aliphatic rings. The van der Waals surface area contributed by atoms with Crippen molar-refractivity contribution in [3.8, 4) is 0 Å². The molecule has 2 nitrogen and oxygen atoms in total. The third-order valence-corrected chi connectivity index (χ3v) is 7.02. The van der Waals surface area contributed by atoms with Crippen LogP contribution in [-0.2, 0) is 15.6 Å². The number of hydrogen-bond donors (Lipinski definition) is 0. The van der Waals surface area contributed by atoms with Crippen LogP contribution in [0.2, 0.25) is 5.02 Å². The van der Waals surface area contributed by atoms with Crippen molar-refractivity contribution in [3.05, 3.63) is 94.0 Å². The molecule has 1 fully saturated rings. The van der Waals surface area contributed by atoms with Crippen LogP contribution in [0.5, 0.6) is 0 Å². The molecular weight excluding hydrogens is 378 g/mol. The Morgan fingerprint density at radius 3 is 2.24 bits per heavy atom. The summed E-state index contributed by atoms with van der Waals surface area (Å²) >= 11 is 6.37. The molecule has 0 aromatic heterocycles. The zero-order valence-corrected chi connectivity index (χ0v) is 17.8. The van der Waals surface area contributed by atoms with Crippen LogP contribution in [0.25, 0.3) is 0 Å². The summed E-state index contributed by atoms with van der Waals surface area (Å²) in [5.41, 5.74) is 5.80. The van der Waals surface area contributed by atoms with E-state index in [1.54, 1.807) is 0 Å². The molecule has 1 unspecified atom stereocenters. The van der Waals surface area contributed by atoms with E-state index in [9.17, 15) is 4.79 Å². The summed E-state index contributed by atoms with van der Waals surface area (Å²) in [4.78, 5) is 15.7. The monoisotopic (exact) mass is 401 g/mol. The molecule has 29 heavy (non-hydrogen) atoms. The summed E-state index contributed by atoms with van der Waals surface area (Å²) in [5, 5.41) is 0.649. The molecule has 1 heterocycles. The topological polar surface area (TPSA) is 20.3 Å². The van der Waals surface area contributed by atoms with E-state index >= 15 is 0 Å². The molecule has 3 aromatic carbocycles. The van der Waals surface area contributed by atoms with Crippen molar-refractivity contribution in [2.24, 2.45) is 0 Å². The minimum atomic E-state index is -0.771. The lowest BCUT2D eigenvalue weighted by atomic mass is 9.76. The van der Waals surface area contributed by atoms with Crippen molar-refractivity contribution in [3.63, 3.8) is 0 Å². The van der Waals surface area contributed by atoms with Gasteiger partial charge >= 0.3 is 0 Å². The Bertz CT molecular complexity index is 1130. The van der Waals surface area contributed by atoms with E-state index in [0.29, 0.717) is 10.4 Å². The number of aryl methyl sites for hydroxylation is 1. The van der Waals surface area contributed by atoms with Gasteiger partial charge in [0.1, 0.15) is 0 Å². The van der Waals surface area contributed by atoms with Gasteiger partial charge in [0.15, 0.2) is 0 Å². The lowest BCUT2D eigenvalue weighted by Gasteiger charge is -2.26. The van der Waals surface area contributed by atoms with Gasteiger partial charge in [-0.05, 0) is 84.7 Å². The Morgan fingerprint density at radius 1 is 0.897 bits per heavy atom. The average molecular weight is 402 g/mol. The largest absolute Gasteiger partial charge is 0.280 e. The van der Waals surface area contributed by atoms with Crippen molar-refractivity contribution < 1.29 is 4.79 Å². The van der Waals surface area contributed by atoms with Crippen molar-refractivity contribution in [1.29, 1.82) is 0 Å². The van der Waals surface area contributed by atoms with Crippen molar-refractivity contribution >= 4 is 28.9 Å². The quantitative estimate of drug-likeness (QED) is 0.479. The minimum absolute atomic E-state index is 0.0609. The number of anilines is 2. The van der Waals surface area contributed by atoms with Crippen LogP contribution < -0.4 is 4.90 Å². The van der Waals surface area contributed by atoms with Gasteiger partial charge in [-0.3, -0.25) is 9.69 Å². The number of nitrogens with zero attached hydrogens (tertiary/aromatic N) is 1. The summed E-state index contributed by atoms with van der Waals surface area (Å²) in [6, 6.07) is 22.5. The first kappa shape index (κ1) is 18.4. The maximum absolute atomic E-state index is 13.9. The third kappa shape index (κ3) is 2.73. The highest BCUT2D eigenvalue weighted by molar-refractivity contribution is 6.31. The molecular formula is C26H24ClNO. The molecule has 5 rings (SSSR count). The van der Waals surface area contributed by atoms with E-state index in [4.69, 9.17) is 11.6 Å². The summed E-state index contributed by atoms with van der Waals surface area (Å²) in [6.45, 7) is 6.37. The predicted octanol–water partition coefficient (Wildman–Crippen LogP) is 6.68. The van der Waals surface area contributed by atoms with Crippen LogP contribution in [0, 0.1) is 6.92 Å². The van der Waals surface area contributed by atoms with E-state index in [1.165, 1.54) is 18.4 Å². The first-order chi connectivity index (χ1) is 13.8. The fourth-order valence-corrected chi connectivity index (χ4v) is 4.71. The van der Waals surface area contributed by atoms with E-state index in [2.05, 4.69) is 37.3 Å². The van der Waals surface area contributed by atoms with Gasteiger partial charge in [0.05, 0.1) is 11.1 Å². The third-order valence-electron chi connectivity index (χ3n) is 6.79. The lowest BCUT2D eigenvalue weighted by Crippen LogP contribution is -2.36. The van der Waals surface area contributed by atoms with Crippen LogP contribution >= 0.6 is 11.6 Å². The summed E-state index contributed by atoms with van der Waals surface area (Å²) in [6.07, 6.45) is 2.48. The number of hydrogen-bond acceptors (Lipinski definition) is 1. The zero-order chi connectivity index (χ0) is 20.4. The highest BCUT2D eigenvalue weighted by Gasteiger charge is 2.49. The van der Waals surface area contributed by atoms with Gasteiger partial charge in [0.25, 0.3) is 0 Å². The van der Waals surface area contributed by atoms with Crippen molar-refractivity contribution in [2.45, 2.75) is 44.4 Å². The Kier molecular flexibility index (Phi) is 3.95. The molecule has 1 amide bonds. The Morgan fingerprint density at radius 2 is 1.59 bits per heavy atom. The van der Waals surface area contributed by atoms with Gasteiger partial charge < -0.3 is 0 Å². The molecule has 1 saturated carbocycles. The molecule has 0 spiro atoms. The zero-order valence-electron chi connectivity index (χ0n) is 17.0. The minimum Gasteiger partial charge on any atom is -0.280 e. The first-order valence-electron chi connectivity index (χ1n) is 10.2. The van der Waals surface area contributed by atoms with Gasteiger partial charge in [-0.15, -0.1) is 0 Å². The van der Waals surface area contributed by atoms with Crippen LogP contribution in [0.15, 0.2) is 66.7 Å². The highest BCUT2D eigenvalue weighted by atomic mass is 35.5. The standard InChI is InChI=1S/C26H24ClNO/c1-17-5-4-6-21(15-17)28-23-12-11-20(27)16-22(23)26(3,24(28)29)19-9-7-18(8-10-19)25(2)13-14-25/h4-12,15-16H,13-14H2,1-3H3. The van der Waals surface area contributed by atoms with Crippen LogP contribution in [0.1, 0.15) is 48.9 Å². The molecule has 0 N–H and O–H groups in total. The second-order valence-corrected chi connectivity index (χ2v) is 9.34. The van der Waals surface area contributed by atoms with E-state index < -0.39 is 5.41 Å². The molecule has 1 aliphatic heterocycles. The molecule has 3 heteroatoms. The van der Waals surface area contributed by atoms with Gasteiger partial charge in [0.2, 0.25) is 5.91 Å². The van der Waals surface area contributed by atoms with E-state index in [1.807, 2.05) is 55.1 Å². The Balaban J connectivity index is 1.67. The number of amides is 1. The predicted molar refractivity (Wildman–Crippen MR) is 119 cm³/mol. The summed E-state index contributed by atoms with van der Waals surface area (Å²) in [5.74, 6) is 0.0609. The van der Waals surface area contributed by atoms with Gasteiger partial charge in [-0.1, -0.05) is 54.9 Å². The number of carbonyl (C=O) groups excluding carboxylic acids is 1. The van der Waals surface area contributed by atoms with Crippen molar-refractivity contribution in [1.82, 2.24) is 0 Å². The van der Waals surface area contributed by atoms with Crippen LogP contribution in [-0.4, -0.2) is 5.91 Å². The Hall–Kier alpha value is -2.58. The maximum atomic E-state index is 13.9. The molecule has 3 aromatic rings. The van der Waals surface area contributed by atoms with E-state index in [0.717, 1.165) is 28.1 Å². The normalized spacial score (nSPS) is 21.9. The second-order valence-electron chi connectivity index (χ2n) is 8.90. The number of rotatable bonds is 3. The smallest absolute Gasteiger partial charge is 0.246 e. The lowest BCUT2D eigenvalue weighted by molar-refractivity contribution is -0.120. The molecule has 0 radical (unpaired) electrons. The van der Waals surface area contributed by atoms with Crippen LogP contribution in [0.4, 0.5) is 11.4 Å². The van der Waals surface area contributed by atoms with Crippen molar-refractivity contribution in [2.75, 3.05) is 4.90 Å². The number of fused-ring (bicyclic) bond motifs is 1. The first-order valence-corrected chi connectivity index (χ1v) is 10.5.